The minimum Gasteiger partial charge on any atom is -0.310 e. The van der Waals surface area contributed by atoms with Gasteiger partial charge in [0.15, 0.2) is 0 Å². The summed E-state index contributed by atoms with van der Waals surface area (Å²) >= 11 is 3.42. The van der Waals surface area contributed by atoms with Gasteiger partial charge < -0.3 is 5.32 Å². The SMILES string of the molecule is CSC1(CNCc2csnn2)CCC1. The van der Waals surface area contributed by atoms with Gasteiger partial charge in [-0.25, -0.2) is 0 Å². The summed E-state index contributed by atoms with van der Waals surface area (Å²) < 4.78 is 4.36. The third-order valence-electron chi connectivity index (χ3n) is 2.86. The molecule has 1 aromatic rings. The Morgan fingerprint density at radius 2 is 2.50 bits per heavy atom. The Balaban J connectivity index is 1.72. The molecule has 14 heavy (non-hydrogen) atoms. The lowest BCUT2D eigenvalue weighted by Gasteiger charge is -2.40. The summed E-state index contributed by atoms with van der Waals surface area (Å²) in [6.07, 6.45) is 6.32. The lowest BCUT2D eigenvalue weighted by atomic mass is 9.84. The van der Waals surface area contributed by atoms with Crippen LogP contribution in [0.2, 0.25) is 0 Å². The van der Waals surface area contributed by atoms with Crippen LogP contribution in [0.1, 0.15) is 25.0 Å². The van der Waals surface area contributed by atoms with E-state index in [0.29, 0.717) is 4.75 Å². The second kappa shape index (κ2) is 4.59. The van der Waals surface area contributed by atoms with Gasteiger partial charge in [0.1, 0.15) is 0 Å². The Labute approximate surface area is 92.8 Å². The van der Waals surface area contributed by atoms with Gasteiger partial charge in [-0.3, -0.25) is 0 Å². The normalized spacial score (nSPS) is 19.2. The Kier molecular flexibility index (Phi) is 3.41. The van der Waals surface area contributed by atoms with Gasteiger partial charge in [-0.15, -0.1) is 5.10 Å². The van der Waals surface area contributed by atoms with E-state index in [0.717, 1.165) is 18.8 Å². The lowest BCUT2D eigenvalue weighted by Crippen LogP contribution is -2.43. The Morgan fingerprint density at radius 1 is 1.64 bits per heavy atom. The quantitative estimate of drug-likeness (QED) is 0.837. The van der Waals surface area contributed by atoms with Crippen LogP contribution >= 0.6 is 23.3 Å². The zero-order chi connectivity index (χ0) is 9.86. The highest BCUT2D eigenvalue weighted by atomic mass is 32.2. The number of hydrogen-bond donors (Lipinski definition) is 1. The van der Waals surface area contributed by atoms with Crippen LogP contribution in [0.15, 0.2) is 5.38 Å². The van der Waals surface area contributed by atoms with Crippen molar-refractivity contribution in [2.75, 3.05) is 12.8 Å². The van der Waals surface area contributed by atoms with E-state index in [1.165, 1.54) is 30.8 Å². The largest absolute Gasteiger partial charge is 0.310 e. The summed E-state index contributed by atoms with van der Waals surface area (Å²) in [6, 6.07) is 0. The van der Waals surface area contributed by atoms with Crippen molar-refractivity contribution in [3.05, 3.63) is 11.1 Å². The van der Waals surface area contributed by atoms with Crippen molar-refractivity contribution in [1.82, 2.24) is 14.9 Å². The van der Waals surface area contributed by atoms with Crippen LogP contribution in [0.5, 0.6) is 0 Å². The number of hydrogen-bond acceptors (Lipinski definition) is 5. The summed E-state index contributed by atoms with van der Waals surface area (Å²) in [4.78, 5) is 0. The summed E-state index contributed by atoms with van der Waals surface area (Å²) in [5, 5.41) is 9.47. The minimum atomic E-state index is 0.517. The second-order valence-electron chi connectivity index (χ2n) is 3.74. The van der Waals surface area contributed by atoms with E-state index >= 15 is 0 Å². The Bertz CT molecular complexity index is 264. The van der Waals surface area contributed by atoms with Gasteiger partial charge in [0.2, 0.25) is 0 Å². The third-order valence-corrected chi connectivity index (χ3v) is 4.83. The highest BCUT2D eigenvalue weighted by molar-refractivity contribution is 8.00. The van der Waals surface area contributed by atoms with Crippen molar-refractivity contribution in [1.29, 1.82) is 0 Å². The molecule has 1 saturated carbocycles. The van der Waals surface area contributed by atoms with Crippen LogP contribution in [0, 0.1) is 0 Å². The maximum Gasteiger partial charge on any atom is 0.0893 e. The zero-order valence-corrected chi connectivity index (χ0v) is 9.96. The third kappa shape index (κ3) is 2.27. The minimum absolute atomic E-state index is 0.517. The smallest absolute Gasteiger partial charge is 0.0893 e. The zero-order valence-electron chi connectivity index (χ0n) is 8.32. The van der Waals surface area contributed by atoms with E-state index in [4.69, 9.17) is 0 Å². The number of aromatic nitrogens is 2. The molecule has 1 aromatic heterocycles. The molecule has 1 heterocycles. The summed E-state index contributed by atoms with van der Waals surface area (Å²) in [5.74, 6) is 0. The standard InChI is InChI=1S/C9H15N3S2/c1-13-9(3-2-4-9)7-10-5-8-6-14-12-11-8/h6,10H,2-5,7H2,1H3. The molecule has 1 fully saturated rings. The van der Waals surface area contributed by atoms with Gasteiger partial charge in [0.05, 0.1) is 5.69 Å². The van der Waals surface area contributed by atoms with Gasteiger partial charge >= 0.3 is 0 Å². The van der Waals surface area contributed by atoms with Crippen molar-refractivity contribution in [3.8, 4) is 0 Å². The van der Waals surface area contributed by atoms with Crippen molar-refractivity contribution in [2.45, 2.75) is 30.6 Å². The highest BCUT2D eigenvalue weighted by Crippen LogP contribution is 2.42. The molecule has 0 atom stereocenters. The van der Waals surface area contributed by atoms with E-state index in [-0.39, 0.29) is 0 Å². The van der Waals surface area contributed by atoms with E-state index in [1.54, 1.807) is 0 Å². The monoisotopic (exact) mass is 229 g/mol. The number of nitrogens with zero attached hydrogens (tertiary/aromatic N) is 2. The fourth-order valence-corrected chi connectivity index (χ4v) is 3.10. The molecule has 78 valence electrons. The van der Waals surface area contributed by atoms with Crippen LogP contribution in [-0.2, 0) is 6.54 Å². The molecule has 0 saturated heterocycles. The first-order chi connectivity index (χ1) is 6.85. The predicted molar refractivity (Wildman–Crippen MR) is 61.7 cm³/mol. The molecule has 3 nitrogen and oxygen atoms in total. The fraction of sp³-hybridized carbons (Fsp3) is 0.778. The van der Waals surface area contributed by atoms with Crippen LogP contribution in [0.3, 0.4) is 0 Å². The lowest BCUT2D eigenvalue weighted by molar-refractivity contribution is 0.345. The van der Waals surface area contributed by atoms with E-state index in [1.807, 2.05) is 17.1 Å². The molecule has 0 unspecified atom stereocenters. The van der Waals surface area contributed by atoms with Crippen molar-refractivity contribution in [3.63, 3.8) is 0 Å². The second-order valence-corrected chi connectivity index (χ2v) is 5.62. The number of thioether (sulfide) groups is 1. The molecule has 1 N–H and O–H groups in total. The van der Waals surface area contributed by atoms with Gasteiger partial charge in [0, 0.05) is 23.2 Å². The van der Waals surface area contributed by atoms with Gasteiger partial charge in [-0.2, -0.15) is 11.8 Å². The number of rotatable bonds is 5. The maximum absolute atomic E-state index is 4.00. The van der Waals surface area contributed by atoms with Crippen LogP contribution < -0.4 is 5.32 Å². The molecule has 5 heteroatoms. The molecule has 0 amide bonds. The van der Waals surface area contributed by atoms with Crippen molar-refractivity contribution < 1.29 is 0 Å². The van der Waals surface area contributed by atoms with Crippen LogP contribution in [0.4, 0.5) is 0 Å². The fourth-order valence-electron chi connectivity index (χ4n) is 1.70. The van der Waals surface area contributed by atoms with Gasteiger partial charge in [-0.1, -0.05) is 10.9 Å². The van der Waals surface area contributed by atoms with E-state index in [9.17, 15) is 0 Å². The van der Waals surface area contributed by atoms with Crippen LogP contribution in [0.25, 0.3) is 0 Å². The molecular formula is C9H15N3S2. The summed E-state index contributed by atoms with van der Waals surface area (Å²) in [7, 11) is 0. The van der Waals surface area contributed by atoms with Crippen molar-refractivity contribution in [2.24, 2.45) is 0 Å². The van der Waals surface area contributed by atoms with E-state index in [2.05, 4.69) is 21.2 Å². The molecule has 0 bridgehead atoms. The molecule has 0 aromatic carbocycles. The van der Waals surface area contributed by atoms with Gasteiger partial charge in [0.25, 0.3) is 0 Å². The average molecular weight is 229 g/mol. The topological polar surface area (TPSA) is 37.8 Å². The molecule has 0 aliphatic heterocycles. The Hall–Kier alpha value is -0.130. The molecule has 0 radical (unpaired) electrons. The summed E-state index contributed by atoms with van der Waals surface area (Å²) in [6.45, 7) is 1.96. The molecule has 1 aliphatic carbocycles. The first-order valence-corrected chi connectivity index (χ1v) is 6.93. The summed E-state index contributed by atoms with van der Waals surface area (Å²) in [5.41, 5.74) is 1.06. The average Bonchev–Trinajstić information content (AvgIpc) is 2.62. The predicted octanol–water partition coefficient (Wildman–Crippen LogP) is 1.91. The molecule has 0 spiro atoms. The highest BCUT2D eigenvalue weighted by Gasteiger charge is 2.35. The molecule has 2 rings (SSSR count). The van der Waals surface area contributed by atoms with Gasteiger partial charge in [-0.05, 0) is 30.6 Å². The molecule has 1 aliphatic rings. The van der Waals surface area contributed by atoms with E-state index < -0.39 is 0 Å². The molecular weight excluding hydrogens is 214 g/mol. The maximum atomic E-state index is 4.00. The van der Waals surface area contributed by atoms with Crippen LogP contribution in [-0.4, -0.2) is 27.1 Å². The Morgan fingerprint density at radius 3 is 3.00 bits per heavy atom. The van der Waals surface area contributed by atoms with Crippen molar-refractivity contribution >= 4 is 23.3 Å². The number of nitrogens with one attached hydrogen (secondary N) is 1. The first-order valence-electron chi connectivity index (χ1n) is 4.86. The first kappa shape index (κ1) is 10.4.